The minimum absolute atomic E-state index is 0.254. The molecule has 0 bridgehead atoms. The molecule has 0 aliphatic heterocycles. The van der Waals surface area contributed by atoms with Gasteiger partial charge < -0.3 is 0 Å². The largest absolute Gasteiger partial charge is 0.103 e. The summed E-state index contributed by atoms with van der Waals surface area (Å²) >= 11 is 0. The van der Waals surface area contributed by atoms with Gasteiger partial charge in [-0.3, -0.25) is 0 Å². The molecule has 14 heavy (non-hydrogen) atoms. The lowest BCUT2D eigenvalue weighted by Gasteiger charge is -2.19. The maximum absolute atomic E-state index is 3.75. The van der Waals surface area contributed by atoms with Crippen LogP contribution in [-0.4, -0.2) is 0 Å². The Bertz CT molecular complexity index is 302. The maximum atomic E-state index is 3.75. The van der Waals surface area contributed by atoms with E-state index >= 15 is 0 Å². The SMILES string of the molecule is C=CCCc1cccc(C(C)(C)C)c1. The van der Waals surface area contributed by atoms with E-state index in [0.29, 0.717) is 0 Å². The van der Waals surface area contributed by atoms with Gasteiger partial charge in [0.2, 0.25) is 0 Å². The van der Waals surface area contributed by atoms with Crippen molar-refractivity contribution in [2.24, 2.45) is 0 Å². The van der Waals surface area contributed by atoms with E-state index in [1.165, 1.54) is 11.1 Å². The van der Waals surface area contributed by atoms with Crippen LogP contribution in [0.1, 0.15) is 38.3 Å². The number of hydrogen-bond donors (Lipinski definition) is 0. The molecule has 0 heterocycles. The van der Waals surface area contributed by atoms with E-state index < -0.39 is 0 Å². The van der Waals surface area contributed by atoms with Gasteiger partial charge in [-0.25, -0.2) is 0 Å². The van der Waals surface area contributed by atoms with Crippen LogP contribution >= 0.6 is 0 Å². The smallest absolute Gasteiger partial charge is 0.0132 e. The monoisotopic (exact) mass is 188 g/mol. The average Bonchev–Trinajstić information content (AvgIpc) is 2.14. The van der Waals surface area contributed by atoms with Gasteiger partial charge in [0.05, 0.1) is 0 Å². The molecule has 0 aliphatic carbocycles. The summed E-state index contributed by atoms with van der Waals surface area (Å²) in [6.45, 7) is 10.5. The summed E-state index contributed by atoms with van der Waals surface area (Å²) in [5.41, 5.74) is 3.08. The van der Waals surface area contributed by atoms with E-state index in [1.807, 2.05) is 6.08 Å². The Hall–Kier alpha value is -1.04. The Morgan fingerprint density at radius 2 is 2.00 bits per heavy atom. The molecular weight excluding hydrogens is 168 g/mol. The van der Waals surface area contributed by atoms with Gasteiger partial charge in [0.1, 0.15) is 0 Å². The number of rotatable bonds is 3. The predicted molar refractivity (Wildman–Crippen MR) is 63.7 cm³/mol. The molecule has 0 spiro atoms. The van der Waals surface area contributed by atoms with Crippen LogP contribution in [-0.2, 0) is 11.8 Å². The third-order valence-corrected chi connectivity index (χ3v) is 2.43. The van der Waals surface area contributed by atoms with E-state index in [0.717, 1.165) is 12.8 Å². The van der Waals surface area contributed by atoms with Crippen molar-refractivity contribution in [1.29, 1.82) is 0 Å². The summed E-state index contributed by atoms with van der Waals surface area (Å²) in [6, 6.07) is 8.86. The number of hydrogen-bond acceptors (Lipinski definition) is 0. The third-order valence-electron chi connectivity index (χ3n) is 2.43. The van der Waals surface area contributed by atoms with Crippen LogP contribution in [0.2, 0.25) is 0 Å². The van der Waals surface area contributed by atoms with Crippen LogP contribution < -0.4 is 0 Å². The van der Waals surface area contributed by atoms with Crippen molar-refractivity contribution in [2.45, 2.75) is 39.0 Å². The van der Waals surface area contributed by atoms with Crippen LogP contribution in [0.25, 0.3) is 0 Å². The van der Waals surface area contributed by atoms with E-state index in [2.05, 4.69) is 51.6 Å². The normalized spacial score (nSPS) is 11.4. The Morgan fingerprint density at radius 1 is 1.29 bits per heavy atom. The fourth-order valence-corrected chi connectivity index (χ4v) is 1.46. The second-order valence-electron chi connectivity index (χ2n) is 4.78. The van der Waals surface area contributed by atoms with Gasteiger partial charge in [-0.05, 0) is 29.4 Å². The Kier molecular flexibility index (Phi) is 3.51. The first-order valence-corrected chi connectivity index (χ1v) is 5.24. The quantitative estimate of drug-likeness (QED) is 0.626. The Balaban J connectivity index is 2.84. The highest BCUT2D eigenvalue weighted by molar-refractivity contribution is 5.28. The molecule has 0 nitrogen and oxygen atoms in total. The molecule has 0 atom stereocenters. The summed E-state index contributed by atoms with van der Waals surface area (Å²) in [7, 11) is 0. The van der Waals surface area contributed by atoms with Gasteiger partial charge >= 0.3 is 0 Å². The molecule has 0 unspecified atom stereocenters. The molecular formula is C14H20. The van der Waals surface area contributed by atoms with E-state index in [1.54, 1.807) is 0 Å². The van der Waals surface area contributed by atoms with Crippen molar-refractivity contribution in [3.05, 3.63) is 48.0 Å². The van der Waals surface area contributed by atoms with E-state index in [9.17, 15) is 0 Å². The van der Waals surface area contributed by atoms with Crippen molar-refractivity contribution < 1.29 is 0 Å². The topological polar surface area (TPSA) is 0 Å². The second-order valence-corrected chi connectivity index (χ2v) is 4.78. The summed E-state index contributed by atoms with van der Waals surface area (Å²) in [5.74, 6) is 0. The van der Waals surface area contributed by atoms with Gasteiger partial charge in [-0.1, -0.05) is 51.1 Å². The standard InChI is InChI=1S/C14H20/c1-5-6-8-12-9-7-10-13(11-12)14(2,3)4/h5,7,9-11H,1,6,8H2,2-4H3. The molecule has 0 saturated carbocycles. The van der Waals surface area contributed by atoms with E-state index in [4.69, 9.17) is 0 Å². The Morgan fingerprint density at radius 3 is 2.57 bits per heavy atom. The zero-order valence-corrected chi connectivity index (χ0v) is 9.51. The fourth-order valence-electron chi connectivity index (χ4n) is 1.46. The molecule has 1 aromatic rings. The molecule has 0 heteroatoms. The highest BCUT2D eigenvalue weighted by Crippen LogP contribution is 2.23. The summed E-state index contributed by atoms with van der Waals surface area (Å²) in [5, 5.41) is 0. The molecule has 1 rings (SSSR count). The van der Waals surface area contributed by atoms with Crippen molar-refractivity contribution >= 4 is 0 Å². The van der Waals surface area contributed by atoms with E-state index in [-0.39, 0.29) is 5.41 Å². The number of allylic oxidation sites excluding steroid dienone is 1. The molecule has 0 amide bonds. The number of benzene rings is 1. The van der Waals surface area contributed by atoms with Crippen molar-refractivity contribution in [3.8, 4) is 0 Å². The van der Waals surface area contributed by atoms with Gasteiger partial charge in [-0.15, -0.1) is 6.58 Å². The molecule has 0 radical (unpaired) electrons. The van der Waals surface area contributed by atoms with Crippen molar-refractivity contribution in [3.63, 3.8) is 0 Å². The molecule has 0 saturated heterocycles. The molecule has 0 N–H and O–H groups in total. The van der Waals surface area contributed by atoms with Gasteiger partial charge in [-0.2, -0.15) is 0 Å². The third kappa shape index (κ3) is 3.02. The highest BCUT2D eigenvalue weighted by Gasteiger charge is 2.12. The second kappa shape index (κ2) is 4.45. The van der Waals surface area contributed by atoms with Crippen LogP contribution in [0.3, 0.4) is 0 Å². The Labute approximate surface area is 87.7 Å². The minimum atomic E-state index is 0.254. The zero-order chi connectivity index (χ0) is 10.6. The molecule has 76 valence electrons. The lowest BCUT2D eigenvalue weighted by molar-refractivity contribution is 0.589. The summed E-state index contributed by atoms with van der Waals surface area (Å²) < 4.78 is 0. The lowest BCUT2D eigenvalue weighted by Crippen LogP contribution is -2.11. The fraction of sp³-hybridized carbons (Fsp3) is 0.429. The molecule has 0 aromatic heterocycles. The first-order valence-electron chi connectivity index (χ1n) is 5.24. The first-order chi connectivity index (χ1) is 6.54. The lowest BCUT2D eigenvalue weighted by atomic mass is 9.86. The van der Waals surface area contributed by atoms with Crippen molar-refractivity contribution in [1.82, 2.24) is 0 Å². The van der Waals surface area contributed by atoms with Crippen LogP contribution in [0.4, 0.5) is 0 Å². The maximum Gasteiger partial charge on any atom is -0.0132 e. The van der Waals surface area contributed by atoms with Gasteiger partial charge in [0, 0.05) is 0 Å². The summed E-state index contributed by atoms with van der Waals surface area (Å²) in [6.07, 6.45) is 4.14. The average molecular weight is 188 g/mol. The van der Waals surface area contributed by atoms with Crippen LogP contribution in [0.15, 0.2) is 36.9 Å². The molecule has 0 aliphatic rings. The highest BCUT2D eigenvalue weighted by atomic mass is 14.2. The van der Waals surface area contributed by atoms with Crippen molar-refractivity contribution in [2.75, 3.05) is 0 Å². The molecule has 1 aromatic carbocycles. The first kappa shape index (κ1) is 11.0. The molecule has 0 fully saturated rings. The van der Waals surface area contributed by atoms with Crippen LogP contribution in [0.5, 0.6) is 0 Å². The zero-order valence-electron chi connectivity index (χ0n) is 9.51. The van der Waals surface area contributed by atoms with Crippen LogP contribution in [0, 0.1) is 0 Å². The van der Waals surface area contributed by atoms with Gasteiger partial charge in [0.15, 0.2) is 0 Å². The number of aryl methyl sites for hydroxylation is 1. The summed E-state index contributed by atoms with van der Waals surface area (Å²) in [4.78, 5) is 0. The van der Waals surface area contributed by atoms with Gasteiger partial charge in [0.25, 0.3) is 0 Å². The predicted octanol–water partition coefficient (Wildman–Crippen LogP) is 4.10. The minimum Gasteiger partial charge on any atom is -0.103 e.